The third-order valence-electron chi connectivity index (χ3n) is 4.05. The molecule has 0 spiro atoms. The molecule has 0 aromatic carbocycles. The van der Waals surface area contributed by atoms with Gasteiger partial charge in [-0.2, -0.15) is 0 Å². The highest BCUT2D eigenvalue weighted by Gasteiger charge is 2.30. The average Bonchev–Trinajstić information content (AvgIpc) is 2.98. The van der Waals surface area contributed by atoms with Crippen molar-refractivity contribution in [3.05, 3.63) is 0 Å². The Bertz CT molecular complexity index is 213. The van der Waals surface area contributed by atoms with Gasteiger partial charge in [0.2, 0.25) is 0 Å². The van der Waals surface area contributed by atoms with E-state index < -0.39 is 0 Å². The Morgan fingerprint density at radius 1 is 1.31 bits per heavy atom. The van der Waals surface area contributed by atoms with Gasteiger partial charge in [-0.1, -0.05) is 0 Å². The molecule has 1 saturated heterocycles. The molecule has 0 bridgehead atoms. The summed E-state index contributed by atoms with van der Waals surface area (Å²) in [5, 5.41) is 0. The van der Waals surface area contributed by atoms with Gasteiger partial charge in [0.05, 0.1) is 0 Å². The maximum Gasteiger partial charge on any atom is 0.0223 e. The Morgan fingerprint density at radius 2 is 2.06 bits per heavy atom. The van der Waals surface area contributed by atoms with Gasteiger partial charge in [-0.25, -0.2) is 0 Å². The monoisotopic (exact) mass is 225 g/mol. The van der Waals surface area contributed by atoms with E-state index in [9.17, 15) is 0 Å². The molecule has 0 aromatic rings. The van der Waals surface area contributed by atoms with Crippen LogP contribution in [0.3, 0.4) is 0 Å². The molecular formula is C13H27N3. The summed E-state index contributed by atoms with van der Waals surface area (Å²) in [6.07, 6.45) is 6.70. The molecule has 1 saturated carbocycles. The predicted octanol–water partition coefficient (Wildman–Crippen LogP) is 1.14. The van der Waals surface area contributed by atoms with E-state index in [1.807, 2.05) is 0 Å². The smallest absolute Gasteiger partial charge is 0.0223 e. The Balaban J connectivity index is 1.70. The minimum Gasteiger partial charge on any atom is -0.327 e. The predicted molar refractivity (Wildman–Crippen MR) is 68.5 cm³/mol. The van der Waals surface area contributed by atoms with E-state index in [4.69, 9.17) is 5.73 Å². The Labute approximate surface area is 100.0 Å². The summed E-state index contributed by atoms with van der Waals surface area (Å²) >= 11 is 0. The maximum absolute atomic E-state index is 6.17. The molecule has 0 amide bonds. The SMILES string of the molecule is CN(C)CC1CCCN1CCC(N)C1CC1. The molecule has 0 aromatic heterocycles. The molecule has 0 radical (unpaired) electrons. The van der Waals surface area contributed by atoms with Gasteiger partial charge >= 0.3 is 0 Å². The minimum absolute atomic E-state index is 0.473. The van der Waals surface area contributed by atoms with Crippen LogP contribution in [0.25, 0.3) is 0 Å². The van der Waals surface area contributed by atoms with Crippen molar-refractivity contribution in [3.8, 4) is 0 Å². The van der Waals surface area contributed by atoms with Crippen molar-refractivity contribution in [2.45, 2.75) is 44.2 Å². The van der Waals surface area contributed by atoms with Crippen LogP contribution in [0.2, 0.25) is 0 Å². The first kappa shape index (κ1) is 12.3. The standard InChI is InChI=1S/C13H27N3/c1-15(2)10-12-4-3-8-16(12)9-7-13(14)11-5-6-11/h11-13H,3-10,14H2,1-2H3. The fourth-order valence-corrected chi connectivity index (χ4v) is 2.89. The Morgan fingerprint density at radius 3 is 2.69 bits per heavy atom. The van der Waals surface area contributed by atoms with Crippen LogP contribution in [0.4, 0.5) is 0 Å². The first-order chi connectivity index (χ1) is 7.66. The van der Waals surface area contributed by atoms with Crippen molar-refractivity contribution in [2.24, 2.45) is 11.7 Å². The lowest BCUT2D eigenvalue weighted by molar-refractivity contribution is 0.200. The summed E-state index contributed by atoms with van der Waals surface area (Å²) < 4.78 is 0. The van der Waals surface area contributed by atoms with Crippen molar-refractivity contribution in [1.82, 2.24) is 9.80 Å². The quantitative estimate of drug-likeness (QED) is 0.736. The van der Waals surface area contributed by atoms with Crippen LogP contribution in [0.1, 0.15) is 32.1 Å². The summed E-state index contributed by atoms with van der Waals surface area (Å²) in [4.78, 5) is 4.96. The Hall–Kier alpha value is -0.120. The number of hydrogen-bond acceptors (Lipinski definition) is 3. The molecule has 2 rings (SSSR count). The molecule has 2 N–H and O–H groups in total. The first-order valence-corrected chi connectivity index (χ1v) is 6.81. The van der Waals surface area contributed by atoms with E-state index >= 15 is 0 Å². The fourth-order valence-electron chi connectivity index (χ4n) is 2.89. The number of likely N-dealkylation sites (tertiary alicyclic amines) is 1. The first-order valence-electron chi connectivity index (χ1n) is 6.81. The lowest BCUT2D eigenvalue weighted by Crippen LogP contribution is -2.40. The summed E-state index contributed by atoms with van der Waals surface area (Å²) in [6, 6.07) is 1.25. The van der Waals surface area contributed by atoms with Gasteiger partial charge in [0.15, 0.2) is 0 Å². The van der Waals surface area contributed by atoms with Gasteiger partial charge in [0.1, 0.15) is 0 Å². The molecule has 2 atom stereocenters. The summed E-state index contributed by atoms with van der Waals surface area (Å²) in [5.74, 6) is 0.856. The van der Waals surface area contributed by atoms with Crippen LogP contribution >= 0.6 is 0 Å². The molecule has 1 aliphatic heterocycles. The molecule has 1 heterocycles. The molecule has 1 aliphatic carbocycles. The largest absolute Gasteiger partial charge is 0.327 e. The number of hydrogen-bond donors (Lipinski definition) is 1. The van der Waals surface area contributed by atoms with Crippen molar-refractivity contribution in [2.75, 3.05) is 33.7 Å². The normalized spacial score (nSPS) is 28.9. The van der Waals surface area contributed by atoms with Gasteiger partial charge in [-0.15, -0.1) is 0 Å². The summed E-state index contributed by atoms with van der Waals surface area (Å²) in [6.45, 7) is 3.71. The van der Waals surface area contributed by atoms with Crippen LogP contribution in [-0.2, 0) is 0 Å². The van der Waals surface area contributed by atoms with E-state index in [1.165, 1.54) is 51.7 Å². The number of nitrogens with zero attached hydrogens (tertiary/aromatic N) is 2. The second kappa shape index (κ2) is 5.48. The molecule has 16 heavy (non-hydrogen) atoms. The van der Waals surface area contributed by atoms with Gasteiger partial charge in [0.25, 0.3) is 0 Å². The number of nitrogens with two attached hydrogens (primary N) is 1. The highest BCUT2D eigenvalue weighted by Crippen LogP contribution is 2.33. The topological polar surface area (TPSA) is 32.5 Å². The third-order valence-corrected chi connectivity index (χ3v) is 4.05. The van der Waals surface area contributed by atoms with E-state index in [-0.39, 0.29) is 0 Å². The van der Waals surface area contributed by atoms with E-state index in [0.29, 0.717) is 6.04 Å². The number of likely N-dealkylation sites (N-methyl/N-ethyl adjacent to an activating group) is 1. The van der Waals surface area contributed by atoms with Crippen molar-refractivity contribution in [3.63, 3.8) is 0 Å². The maximum atomic E-state index is 6.17. The number of rotatable bonds is 6. The van der Waals surface area contributed by atoms with E-state index in [1.54, 1.807) is 0 Å². The van der Waals surface area contributed by atoms with Crippen molar-refractivity contribution >= 4 is 0 Å². The van der Waals surface area contributed by atoms with Crippen molar-refractivity contribution < 1.29 is 0 Å². The van der Waals surface area contributed by atoms with Crippen LogP contribution < -0.4 is 5.73 Å². The average molecular weight is 225 g/mol. The van der Waals surface area contributed by atoms with Crippen LogP contribution in [0.15, 0.2) is 0 Å². The van der Waals surface area contributed by atoms with E-state index in [0.717, 1.165) is 12.0 Å². The molecule has 2 fully saturated rings. The highest BCUT2D eigenvalue weighted by atomic mass is 15.2. The minimum atomic E-state index is 0.473. The molecule has 3 heteroatoms. The lowest BCUT2D eigenvalue weighted by Gasteiger charge is -2.27. The zero-order valence-electron chi connectivity index (χ0n) is 10.9. The van der Waals surface area contributed by atoms with Gasteiger partial charge < -0.3 is 10.6 Å². The van der Waals surface area contributed by atoms with E-state index in [2.05, 4.69) is 23.9 Å². The fraction of sp³-hybridized carbons (Fsp3) is 1.00. The third kappa shape index (κ3) is 3.44. The van der Waals surface area contributed by atoms with Gasteiger partial charge in [0, 0.05) is 18.6 Å². The second-order valence-electron chi connectivity index (χ2n) is 5.88. The zero-order chi connectivity index (χ0) is 11.5. The van der Waals surface area contributed by atoms with Crippen LogP contribution in [-0.4, -0.2) is 55.6 Å². The van der Waals surface area contributed by atoms with Crippen LogP contribution in [0.5, 0.6) is 0 Å². The highest BCUT2D eigenvalue weighted by molar-refractivity contribution is 4.87. The lowest BCUT2D eigenvalue weighted by atomic mass is 10.1. The van der Waals surface area contributed by atoms with Gasteiger partial charge in [-0.05, 0) is 65.2 Å². The summed E-state index contributed by atoms with van der Waals surface area (Å²) in [5.41, 5.74) is 6.17. The second-order valence-corrected chi connectivity index (χ2v) is 5.88. The Kier molecular flexibility index (Phi) is 4.22. The molecule has 3 nitrogen and oxygen atoms in total. The molecular weight excluding hydrogens is 198 g/mol. The molecule has 2 aliphatic rings. The zero-order valence-corrected chi connectivity index (χ0v) is 10.9. The van der Waals surface area contributed by atoms with Crippen LogP contribution in [0, 0.1) is 5.92 Å². The van der Waals surface area contributed by atoms with Gasteiger partial charge in [-0.3, -0.25) is 4.90 Å². The van der Waals surface area contributed by atoms with Crippen molar-refractivity contribution in [1.29, 1.82) is 0 Å². The molecule has 2 unspecified atom stereocenters. The molecule has 94 valence electrons. The summed E-state index contributed by atoms with van der Waals surface area (Å²) in [7, 11) is 4.35.